The Balaban J connectivity index is 1.59. The first-order valence-corrected chi connectivity index (χ1v) is 10.8. The third-order valence-electron chi connectivity index (χ3n) is 5.23. The van der Waals surface area contributed by atoms with Gasteiger partial charge in [0.2, 0.25) is 5.91 Å². The molecule has 27 heavy (non-hydrogen) atoms. The maximum atomic E-state index is 13.2. The van der Waals surface area contributed by atoms with Gasteiger partial charge in [-0.3, -0.25) is 4.79 Å². The monoisotopic (exact) mass is 418 g/mol. The molecule has 0 saturated heterocycles. The smallest absolute Gasteiger partial charge is 0.233 e. The molecule has 1 aromatic heterocycles. The van der Waals surface area contributed by atoms with Gasteiger partial charge in [0, 0.05) is 0 Å². The first-order chi connectivity index (χ1) is 13.1. The van der Waals surface area contributed by atoms with Crippen LogP contribution in [0, 0.1) is 5.92 Å². The number of hydrogen-bond donors (Lipinski definition) is 1. The van der Waals surface area contributed by atoms with Crippen LogP contribution in [0.15, 0.2) is 42.5 Å². The maximum Gasteiger partial charge on any atom is 0.233 e. The van der Waals surface area contributed by atoms with Crippen molar-refractivity contribution in [1.29, 1.82) is 0 Å². The first kappa shape index (κ1) is 18.7. The number of carbonyl (C=O) groups excluding carboxylic acids is 1. The minimum absolute atomic E-state index is 0.0284. The molecule has 140 valence electrons. The molecule has 6 heteroatoms. The van der Waals surface area contributed by atoms with E-state index in [1.165, 1.54) is 37.0 Å². The van der Waals surface area contributed by atoms with Crippen LogP contribution in [0.1, 0.15) is 43.6 Å². The molecule has 1 unspecified atom stereocenters. The van der Waals surface area contributed by atoms with Gasteiger partial charge in [0.05, 0.1) is 26.2 Å². The zero-order valence-electron chi connectivity index (χ0n) is 14.8. The molecule has 1 aliphatic carbocycles. The topological polar surface area (TPSA) is 42.0 Å². The van der Waals surface area contributed by atoms with Gasteiger partial charge in [-0.15, -0.1) is 0 Å². The van der Waals surface area contributed by atoms with Crippen LogP contribution in [-0.4, -0.2) is 10.9 Å². The Kier molecular flexibility index (Phi) is 5.67. The highest BCUT2D eigenvalue weighted by Gasteiger charge is 2.27. The minimum Gasteiger partial charge on any atom is -0.301 e. The average Bonchev–Trinajstić information content (AvgIpc) is 3.30. The van der Waals surface area contributed by atoms with Crippen molar-refractivity contribution >= 4 is 55.8 Å². The van der Waals surface area contributed by atoms with Gasteiger partial charge in [0.25, 0.3) is 0 Å². The van der Waals surface area contributed by atoms with Gasteiger partial charge in [-0.25, -0.2) is 4.98 Å². The highest BCUT2D eigenvalue weighted by atomic mass is 35.5. The molecule has 1 N–H and O–H groups in total. The Bertz CT molecular complexity index is 933. The summed E-state index contributed by atoms with van der Waals surface area (Å²) < 4.78 is 1.06. The number of benzene rings is 2. The number of hydrogen-bond acceptors (Lipinski definition) is 3. The number of fused-ring (bicyclic) bond motifs is 1. The van der Waals surface area contributed by atoms with Gasteiger partial charge in [0.1, 0.15) is 0 Å². The van der Waals surface area contributed by atoms with E-state index in [1.54, 1.807) is 6.07 Å². The van der Waals surface area contributed by atoms with Gasteiger partial charge in [-0.05, 0) is 42.2 Å². The SMILES string of the molecule is O=C(Nc1nc2ccccc2s1)C(CC1CCCC1)c1ccc(Cl)c(Cl)c1. The van der Waals surface area contributed by atoms with Gasteiger partial charge >= 0.3 is 0 Å². The highest BCUT2D eigenvalue weighted by Crippen LogP contribution is 2.37. The summed E-state index contributed by atoms with van der Waals surface area (Å²) in [4.78, 5) is 17.7. The number of rotatable bonds is 5. The number of para-hydroxylation sites is 1. The van der Waals surface area contributed by atoms with E-state index in [1.807, 2.05) is 36.4 Å². The molecule has 1 fully saturated rings. The van der Waals surface area contributed by atoms with E-state index >= 15 is 0 Å². The summed E-state index contributed by atoms with van der Waals surface area (Å²) >= 11 is 13.8. The second-order valence-electron chi connectivity index (χ2n) is 7.09. The molecule has 0 radical (unpaired) electrons. The van der Waals surface area contributed by atoms with E-state index in [4.69, 9.17) is 23.2 Å². The van der Waals surface area contributed by atoms with Crippen LogP contribution in [0.4, 0.5) is 5.13 Å². The summed E-state index contributed by atoms with van der Waals surface area (Å²) in [7, 11) is 0. The molecule has 4 rings (SSSR count). The number of aromatic nitrogens is 1. The van der Waals surface area contributed by atoms with Crippen molar-refractivity contribution in [2.45, 2.75) is 38.0 Å². The molecule has 3 nitrogen and oxygen atoms in total. The molecule has 0 bridgehead atoms. The Morgan fingerprint density at radius 2 is 1.93 bits per heavy atom. The molecule has 0 aliphatic heterocycles. The minimum atomic E-state index is -0.255. The number of anilines is 1. The number of halogens is 2. The second kappa shape index (κ2) is 8.17. The third-order valence-corrected chi connectivity index (χ3v) is 6.92. The molecule has 1 saturated carbocycles. The van der Waals surface area contributed by atoms with Crippen molar-refractivity contribution in [1.82, 2.24) is 4.98 Å². The molecule has 1 atom stereocenters. The fraction of sp³-hybridized carbons (Fsp3) is 0.333. The van der Waals surface area contributed by atoms with Crippen LogP contribution in [-0.2, 0) is 4.79 Å². The van der Waals surface area contributed by atoms with Crippen LogP contribution >= 0.6 is 34.5 Å². The largest absolute Gasteiger partial charge is 0.301 e. The van der Waals surface area contributed by atoms with Crippen LogP contribution in [0.5, 0.6) is 0 Å². The predicted octanol–water partition coefficient (Wildman–Crippen LogP) is 6.91. The van der Waals surface area contributed by atoms with Gasteiger partial charge in [0.15, 0.2) is 5.13 Å². The van der Waals surface area contributed by atoms with Crippen molar-refractivity contribution < 1.29 is 4.79 Å². The number of amides is 1. The molecule has 1 aliphatic rings. The van der Waals surface area contributed by atoms with Gasteiger partial charge in [-0.2, -0.15) is 0 Å². The fourth-order valence-electron chi connectivity index (χ4n) is 3.82. The lowest BCUT2D eigenvalue weighted by molar-refractivity contribution is -0.118. The number of nitrogens with one attached hydrogen (secondary N) is 1. The van der Waals surface area contributed by atoms with Gasteiger partial charge < -0.3 is 5.32 Å². The summed E-state index contributed by atoms with van der Waals surface area (Å²) in [6.45, 7) is 0. The van der Waals surface area contributed by atoms with Crippen LogP contribution in [0.3, 0.4) is 0 Å². The third kappa shape index (κ3) is 4.29. The van der Waals surface area contributed by atoms with Crippen molar-refractivity contribution in [3.8, 4) is 0 Å². The fourth-order valence-corrected chi connectivity index (χ4v) is 5.00. The van der Waals surface area contributed by atoms with E-state index in [-0.39, 0.29) is 11.8 Å². The molecule has 1 amide bonds. The lowest BCUT2D eigenvalue weighted by Crippen LogP contribution is -2.23. The highest BCUT2D eigenvalue weighted by molar-refractivity contribution is 7.22. The molecule has 2 aromatic carbocycles. The Labute approximate surface area is 172 Å². The van der Waals surface area contributed by atoms with Crippen molar-refractivity contribution in [2.24, 2.45) is 5.92 Å². The van der Waals surface area contributed by atoms with Crippen LogP contribution in [0.2, 0.25) is 10.0 Å². The summed E-state index contributed by atoms with van der Waals surface area (Å²) in [5.41, 5.74) is 1.81. The van der Waals surface area contributed by atoms with E-state index in [2.05, 4.69) is 10.3 Å². The average molecular weight is 419 g/mol. The summed E-state index contributed by atoms with van der Waals surface area (Å²) in [6, 6.07) is 13.4. The van der Waals surface area contributed by atoms with Crippen LogP contribution in [0.25, 0.3) is 10.2 Å². The zero-order valence-corrected chi connectivity index (χ0v) is 17.1. The number of nitrogens with zero attached hydrogens (tertiary/aromatic N) is 1. The van der Waals surface area contributed by atoms with E-state index in [9.17, 15) is 4.79 Å². The molecular formula is C21H20Cl2N2OS. The van der Waals surface area contributed by atoms with E-state index < -0.39 is 0 Å². The second-order valence-corrected chi connectivity index (χ2v) is 8.93. The van der Waals surface area contributed by atoms with E-state index in [0.29, 0.717) is 21.1 Å². The van der Waals surface area contributed by atoms with Gasteiger partial charge in [-0.1, -0.05) is 78.4 Å². The molecule has 1 heterocycles. The summed E-state index contributed by atoms with van der Waals surface area (Å²) in [5, 5.41) is 4.66. The summed E-state index contributed by atoms with van der Waals surface area (Å²) in [5.74, 6) is 0.291. The predicted molar refractivity (Wildman–Crippen MR) is 114 cm³/mol. The van der Waals surface area contributed by atoms with Crippen molar-refractivity contribution in [2.75, 3.05) is 5.32 Å². The Morgan fingerprint density at radius 3 is 2.67 bits per heavy atom. The number of thiazole rings is 1. The molecule has 0 spiro atoms. The van der Waals surface area contributed by atoms with Crippen molar-refractivity contribution in [3.05, 3.63) is 58.1 Å². The summed E-state index contributed by atoms with van der Waals surface area (Å²) in [6.07, 6.45) is 5.70. The Hall–Kier alpha value is -1.62. The maximum absolute atomic E-state index is 13.2. The lowest BCUT2D eigenvalue weighted by atomic mass is 9.87. The Morgan fingerprint density at radius 1 is 1.15 bits per heavy atom. The standard InChI is InChI=1S/C21H20Cl2N2OS/c22-16-10-9-14(12-17(16)23)15(11-13-5-1-2-6-13)20(26)25-21-24-18-7-3-4-8-19(18)27-21/h3-4,7-10,12-13,15H,1-2,5-6,11H2,(H,24,25,26). The first-order valence-electron chi connectivity index (χ1n) is 9.21. The molecule has 3 aromatic rings. The molecular weight excluding hydrogens is 399 g/mol. The number of carbonyl (C=O) groups is 1. The quantitative estimate of drug-likeness (QED) is 0.488. The van der Waals surface area contributed by atoms with E-state index in [0.717, 1.165) is 22.2 Å². The lowest BCUT2D eigenvalue weighted by Gasteiger charge is -2.20. The normalized spacial score (nSPS) is 15.9. The van der Waals surface area contributed by atoms with Crippen LogP contribution < -0.4 is 5.32 Å². The van der Waals surface area contributed by atoms with Crippen molar-refractivity contribution in [3.63, 3.8) is 0 Å². The zero-order chi connectivity index (χ0) is 18.8.